The van der Waals surface area contributed by atoms with Gasteiger partial charge < -0.3 is 9.64 Å². The molecular weight excluding hydrogens is 310 g/mol. The van der Waals surface area contributed by atoms with Gasteiger partial charge in [-0.15, -0.1) is 0 Å². The Bertz CT molecular complexity index is 608. The molecule has 0 aliphatic heterocycles. The molecule has 0 radical (unpaired) electrons. The molecule has 0 spiro atoms. The molecule has 3 nitrogen and oxygen atoms in total. The van der Waals surface area contributed by atoms with E-state index in [2.05, 4.69) is 30.9 Å². The summed E-state index contributed by atoms with van der Waals surface area (Å²) in [7, 11) is 0. The third-order valence-corrected chi connectivity index (χ3v) is 4.60. The summed E-state index contributed by atoms with van der Waals surface area (Å²) in [4.78, 5) is 14.9. The van der Waals surface area contributed by atoms with Crippen molar-refractivity contribution in [3.05, 3.63) is 71.8 Å². The molecule has 2 aromatic carbocycles. The van der Waals surface area contributed by atoms with E-state index < -0.39 is 0 Å². The molecule has 0 saturated heterocycles. The lowest BCUT2D eigenvalue weighted by Gasteiger charge is -2.20. The van der Waals surface area contributed by atoms with E-state index in [0.717, 1.165) is 38.0 Å². The smallest absolute Gasteiger partial charge is 0.313 e. The average molecular weight is 339 g/mol. The van der Waals surface area contributed by atoms with Crippen LogP contribution in [0.1, 0.15) is 37.3 Å². The van der Waals surface area contributed by atoms with Gasteiger partial charge >= 0.3 is 5.97 Å². The van der Waals surface area contributed by atoms with E-state index in [4.69, 9.17) is 4.74 Å². The standard InChI is InChI=1S/C22H29NO2/c1-3-23(4-2)17-18-25-22(24)21(20-13-9-6-10-14-20)16-15-19-11-7-5-8-12-19/h5-14,21H,3-4,15-18H2,1-2H3/t21-/m1/s1. The van der Waals surface area contributed by atoms with Crippen LogP contribution in [-0.2, 0) is 16.0 Å². The van der Waals surface area contributed by atoms with Crippen molar-refractivity contribution in [1.29, 1.82) is 0 Å². The molecule has 2 aromatic rings. The molecule has 3 heteroatoms. The molecular formula is C22H29NO2. The zero-order valence-corrected chi connectivity index (χ0v) is 15.4. The van der Waals surface area contributed by atoms with Crippen molar-refractivity contribution in [3.63, 3.8) is 0 Å². The number of nitrogens with zero attached hydrogens (tertiary/aromatic N) is 1. The Morgan fingerprint density at radius 2 is 1.56 bits per heavy atom. The lowest BCUT2D eigenvalue weighted by molar-refractivity contribution is -0.146. The maximum absolute atomic E-state index is 12.7. The minimum absolute atomic E-state index is 0.116. The van der Waals surface area contributed by atoms with Crippen LogP contribution in [0.25, 0.3) is 0 Å². The van der Waals surface area contributed by atoms with Crippen molar-refractivity contribution in [3.8, 4) is 0 Å². The Balaban J connectivity index is 1.97. The van der Waals surface area contributed by atoms with E-state index in [1.807, 2.05) is 48.5 Å². The molecule has 0 amide bonds. The van der Waals surface area contributed by atoms with Gasteiger partial charge in [-0.3, -0.25) is 4.79 Å². The van der Waals surface area contributed by atoms with Crippen LogP contribution in [0.15, 0.2) is 60.7 Å². The van der Waals surface area contributed by atoms with E-state index in [9.17, 15) is 4.79 Å². The summed E-state index contributed by atoms with van der Waals surface area (Å²) in [6, 6.07) is 20.3. The van der Waals surface area contributed by atoms with Gasteiger partial charge in [-0.2, -0.15) is 0 Å². The number of hydrogen-bond acceptors (Lipinski definition) is 3. The second kappa shape index (κ2) is 10.7. The summed E-state index contributed by atoms with van der Waals surface area (Å²) < 4.78 is 5.60. The Kier molecular flexibility index (Phi) is 8.20. The highest BCUT2D eigenvalue weighted by atomic mass is 16.5. The molecule has 0 aliphatic rings. The molecule has 0 aromatic heterocycles. The van der Waals surface area contributed by atoms with Gasteiger partial charge in [-0.1, -0.05) is 74.5 Å². The summed E-state index contributed by atoms with van der Waals surface area (Å²) in [5.41, 5.74) is 2.28. The summed E-state index contributed by atoms with van der Waals surface area (Å²) in [5, 5.41) is 0. The second-order valence-electron chi connectivity index (χ2n) is 6.18. The quantitative estimate of drug-likeness (QED) is 0.605. The summed E-state index contributed by atoms with van der Waals surface area (Å²) in [5.74, 6) is -0.326. The molecule has 0 fully saturated rings. The average Bonchev–Trinajstić information content (AvgIpc) is 2.67. The van der Waals surface area contributed by atoms with Crippen molar-refractivity contribution in [1.82, 2.24) is 4.90 Å². The fourth-order valence-corrected chi connectivity index (χ4v) is 2.98. The lowest BCUT2D eigenvalue weighted by atomic mass is 9.92. The normalized spacial score (nSPS) is 12.1. The Morgan fingerprint density at radius 3 is 2.16 bits per heavy atom. The van der Waals surface area contributed by atoms with E-state index in [1.54, 1.807) is 0 Å². The number of esters is 1. The third-order valence-electron chi connectivity index (χ3n) is 4.60. The highest BCUT2D eigenvalue weighted by Gasteiger charge is 2.22. The number of rotatable bonds is 10. The predicted octanol–water partition coefficient (Wildman–Crippen LogP) is 4.29. The number of carbonyl (C=O) groups excluding carboxylic acids is 1. The second-order valence-corrected chi connectivity index (χ2v) is 6.18. The van der Waals surface area contributed by atoms with Gasteiger partial charge in [0.2, 0.25) is 0 Å². The van der Waals surface area contributed by atoms with Gasteiger partial charge in [0.1, 0.15) is 6.61 Å². The van der Waals surface area contributed by atoms with Crippen LogP contribution in [-0.4, -0.2) is 37.1 Å². The molecule has 2 rings (SSSR count). The van der Waals surface area contributed by atoms with Gasteiger partial charge in [0.05, 0.1) is 5.92 Å². The van der Waals surface area contributed by atoms with Crippen LogP contribution in [0.3, 0.4) is 0 Å². The molecule has 0 heterocycles. The molecule has 0 saturated carbocycles. The molecule has 0 aliphatic carbocycles. The maximum Gasteiger partial charge on any atom is 0.313 e. The zero-order chi connectivity index (χ0) is 17.9. The first-order chi connectivity index (χ1) is 12.2. The Labute approximate surface area is 151 Å². The number of ether oxygens (including phenoxy) is 1. The minimum atomic E-state index is -0.210. The zero-order valence-electron chi connectivity index (χ0n) is 15.4. The summed E-state index contributed by atoms with van der Waals surface area (Å²) >= 11 is 0. The Morgan fingerprint density at radius 1 is 0.960 bits per heavy atom. The first-order valence-electron chi connectivity index (χ1n) is 9.22. The fourth-order valence-electron chi connectivity index (χ4n) is 2.98. The molecule has 0 unspecified atom stereocenters. The highest BCUT2D eigenvalue weighted by Crippen LogP contribution is 2.23. The minimum Gasteiger partial charge on any atom is -0.464 e. The molecule has 1 atom stereocenters. The Hall–Kier alpha value is -2.13. The lowest BCUT2D eigenvalue weighted by Crippen LogP contribution is -2.29. The van der Waals surface area contributed by atoms with Crippen LogP contribution in [0, 0.1) is 0 Å². The van der Waals surface area contributed by atoms with Crippen LogP contribution >= 0.6 is 0 Å². The number of hydrogen-bond donors (Lipinski definition) is 0. The van der Waals surface area contributed by atoms with Crippen molar-refractivity contribution >= 4 is 5.97 Å². The third kappa shape index (κ3) is 6.35. The van der Waals surface area contributed by atoms with Gasteiger partial charge in [0.15, 0.2) is 0 Å². The fraction of sp³-hybridized carbons (Fsp3) is 0.409. The first-order valence-corrected chi connectivity index (χ1v) is 9.22. The number of carbonyl (C=O) groups is 1. The number of aryl methyl sites for hydroxylation is 1. The summed E-state index contributed by atoms with van der Waals surface area (Å²) in [6.45, 7) is 7.44. The SMILES string of the molecule is CCN(CC)CCOC(=O)[C@H](CCc1ccccc1)c1ccccc1. The van der Waals surface area contributed by atoms with Crippen molar-refractivity contribution in [2.45, 2.75) is 32.6 Å². The maximum atomic E-state index is 12.7. The van der Waals surface area contributed by atoms with Gasteiger partial charge in [0, 0.05) is 6.54 Å². The van der Waals surface area contributed by atoms with E-state index in [1.165, 1.54) is 5.56 Å². The van der Waals surface area contributed by atoms with E-state index in [-0.39, 0.29) is 11.9 Å². The van der Waals surface area contributed by atoms with Gasteiger partial charge in [0.25, 0.3) is 0 Å². The summed E-state index contributed by atoms with van der Waals surface area (Å²) in [6.07, 6.45) is 1.63. The monoisotopic (exact) mass is 339 g/mol. The highest BCUT2D eigenvalue weighted by molar-refractivity contribution is 5.78. The van der Waals surface area contributed by atoms with Crippen molar-refractivity contribution in [2.75, 3.05) is 26.2 Å². The largest absolute Gasteiger partial charge is 0.464 e. The molecule has 0 N–H and O–H groups in total. The molecule has 25 heavy (non-hydrogen) atoms. The predicted molar refractivity (Wildman–Crippen MR) is 103 cm³/mol. The van der Waals surface area contributed by atoms with Crippen LogP contribution in [0.2, 0.25) is 0 Å². The van der Waals surface area contributed by atoms with Crippen molar-refractivity contribution < 1.29 is 9.53 Å². The number of benzene rings is 2. The number of likely N-dealkylation sites (N-methyl/N-ethyl adjacent to an activating group) is 1. The molecule has 134 valence electrons. The first kappa shape index (κ1) is 19.2. The van der Waals surface area contributed by atoms with Crippen LogP contribution in [0.4, 0.5) is 0 Å². The van der Waals surface area contributed by atoms with E-state index >= 15 is 0 Å². The van der Waals surface area contributed by atoms with Gasteiger partial charge in [-0.25, -0.2) is 0 Å². The van der Waals surface area contributed by atoms with E-state index in [0.29, 0.717) is 6.61 Å². The van der Waals surface area contributed by atoms with Crippen molar-refractivity contribution in [2.24, 2.45) is 0 Å². The van der Waals surface area contributed by atoms with Crippen LogP contribution in [0.5, 0.6) is 0 Å². The van der Waals surface area contributed by atoms with Gasteiger partial charge in [-0.05, 0) is 37.1 Å². The van der Waals surface area contributed by atoms with Crippen LogP contribution < -0.4 is 0 Å². The molecule has 0 bridgehead atoms. The topological polar surface area (TPSA) is 29.5 Å².